The van der Waals surface area contributed by atoms with Gasteiger partial charge in [-0.3, -0.25) is 14.2 Å². The first-order chi connectivity index (χ1) is 20.0. The van der Waals surface area contributed by atoms with Crippen LogP contribution >= 0.6 is 35.6 Å². The molecule has 2 aliphatic rings. The summed E-state index contributed by atoms with van der Waals surface area (Å²) in [6.45, 7) is 2.76. The lowest BCUT2D eigenvalue weighted by Crippen LogP contribution is -2.58. The van der Waals surface area contributed by atoms with Crippen LogP contribution < -0.4 is 21.1 Å². The van der Waals surface area contributed by atoms with Crippen molar-refractivity contribution in [3.8, 4) is 16.9 Å². The number of nitrogens with one attached hydrogen (secondary N) is 2. The van der Waals surface area contributed by atoms with Gasteiger partial charge in [-0.25, -0.2) is 9.67 Å². The quantitative estimate of drug-likeness (QED) is 0.348. The van der Waals surface area contributed by atoms with E-state index in [0.29, 0.717) is 35.1 Å². The van der Waals surface area contributed by atoms with Gasteiger partial charge in [0.25, 0.3) is 5.56 Å². The van der Waals surface area contributed by atoms with Crippen molar-refractivity contribution in [3.63, 3.8) is 0 Å². The molecule has 220 valence electrons. The molecular formula is C29H31Cl3N8O2. The van der Waals surface area contributed by atoms with Gasteiger partial charge in [0.05, 0.1) is 29.9 Å². The van der Waals surface area contributed by atoms with E-state index in [0.717, 1.165) is 50.0 Å². The van der Waals surface area contributed by atoms with Crippen molar-refractivity contribution in [2.45, 2.75) is 37.8 Å². The fourth-order valence-corrected chi connectivity index (χ4v) is 5.96. The van der Waals surface area contributed by atoms with E-state index < -0.39 is 0 Å². The molecule has 2 aliphatic heterocycles. The van der Waals surface area contributed by atoms with E-state index in [-0.39, 0.29) is 41.1 Å². The van der Waals surface area contributed by atoms with Gasteiger partial charge in [-0.1, -0.05) is 53.4 Å². The maximum atomic E-state index is 13.7. The van der Waals surface area contributed by atoms with E-state index in [1.807, 2.05) is 12.1 Å². The van der Waals surface area contributed by atoms with Crippen LogP contribution in [0.3, 0.4) is 0 Å². The van der Waals surface area contributed by atoms with Crippen LogP contribution in [-0.4, -0.2) is 62.7 Å². The molecule has 2 aromatic heterocycles. The topological polar surface area (TPSA) is 110 Å². The lowest BCUT2D eigenvalue weighted by Gasteiger charge is -2.37. The molecule has 2 bridgehead atoms. The molecule has 0 saturated carbocycles. The van der Waals surface area contributed by atoms with Crippen LogP contribution in [0.25, 0.3) is 16.9 Å². The molecule has 0 spiro atoms. The van der Waals surface area contributed by atoms with Crippen molar-refractivity contribution < 1.29 is 4.79 Å². The zero-order chi connectivity index (χ0) is 28.3. The number of amides is 1. The summed E-state index contributed by atoms with van der Waals surface area (Å²) in [5.41, 5.74) is 3.58. The Morgan fingerprint density at radius 1 is 0.952 bits per heavy atom. The first-order valence-corrected chi connectivity index (χ1v) is 14.5. The Labute approximate surface area is 259 Å². The highest BCUT2D eigenvalue weighted by molar-refractivity contribution is 6.31. The number of aromatic nitrogens is 5. The summed E-state index contributed by atoms with van der Waals surface area (Å²) in [6, 6.07) is 14.5. The van der Waals surface area contributed by atoms with Crippen molar-refractivity contribution in [1.82, 2.24) is 35.2 Å². The van der Waals surface area contributed by atoms with Gasteiger partial charge >= 0.3 is 0 Å². The molecule has 6 rings (SSSR count). The molecule has 13 heteroatoms. The Bertz CT molecular complexity index is 1620. The Morgan fingerprint density at radius 3 is 2.64 bits per heavy atom. The molecule has 1 amide bonds. The highest BCUT2D eigenvalue weighted by Gasteiger charge is 2.29. The van der Waals surface area contributed by atoms with Gasteiger partial charge in [0.2, 0.25) is 5.91 Å². The minimum atomic E-state index is -0.284. The molecule has 1 fully saturated rings. The molecule has 2 aromatic carbocycles. The van der Waals surface area contributed by atoms with Crippen LogP contribution in [0.1, 0.15) is 37.3 Å². The largest absolute Gasteiger partial charge is 0.357 e. The molecule has 10 nitrogen and oxygen atoms in total. The fraction of sp³-hybridized carbons (Fsp3) is 0.345. The van der Waals surface area contributed by atoms with Crippen LogP contribution in [0.4, 0.5) is 5.69 Å². The van der Waals surface area contributed by atoms with Crippen LogP contribution in [0.5, 0.6) is 0 Å². The standard InChI is InChI=1S/C29H30Cl2N8O2.ClH/c30-20-8-9-25(39-17-27(31)35-36-39)22(14-20)23-15-28(40)38(18-34-23)24-7-2-1-3-10-33-29(41)26-16-32-11-12-37(26)21-6-4-5-19(24)13-21;/h4-6,8-9,13-15,17-18,24,26,32H,1-3,7,10-12,16H2,(H,33,41);1H/t24-,26+;/m0./s1. The third-order valence-electron chi connectivity index (χ3n) is 7.70. The van der Waals surface area contributed by atoms with Crippen LogP contribution in [0, 0.1) is 0 Å². The highest BCUT2D eigenvalue weighted by Crippen LogP contribution is 2.31. The number of nitrogens with zero attached hydrogens (tertiary/aromatic N) is 6. The minimum Gasteiger partial charge on any atom is -0.357 e. The summed E-state index contributed by atoms with van der Waals surface area (Å²) in [7, 11) is 0. The molecule has 1 saturated heterocycles. The van der Waals surface area contributed by atoms with Gasteiger partial charge in [0.15, 0.2) is 5.15 Å². The maximum Gasteiger partial charge on any atom is 0.254 e. The van der Waals surface area contributed by atoms with E-state index >= 15 is 0 Å². The maximum absolute atomic E-state index is 13.7. The zero-order valence-electron chi connectivity index (χ0n) is 22.7. The number of hydrogen-bond acceptors (Lipinski definition) is 7. The lowest BCUT2D eigenvalue weighted by molar-refractivity contribution is -0.122. The first kappa shape index (κ1) is 30.0. The third-order valence-corrected chi connectivity index (χ3v) is 8.11. The van der Waals surface area contributed by atoms with Crippen molar-refractivity contribution in [2.75, 3.05) is 31.1 Å². The summed E-state index contributed by atoms with van der Waals surface area (Å²) >= 11 is 12.3. The molecule has 2 N–H and O–H groups in total. The van der Waals surface area contributed by atoms with Crippen LogP contribution in [0.2, 0.25) is 10.2 Å². The number of benzene rings is 2. The summed E-state index contributed by atoms with van der Waals surface area (Å²) < 4.78 is 3.24. The minimum absolute atomic E-state index is 0. The SMILES string of the molecule is Cl.O=C1NCCCCC[C@H](n2cnc(-c3cc(Cl)ccc3-n3cc(Cl)nn3)cc2=O)c2cccc(c2)N2CCNC[C@H]12. The second-order valence-corrected chi connectivity index (χ2v) is 11.2. The summed E-state index contributed by atoms with van der Waals surface area (Å²) in [6.07, 6.45) is 6.69. The number of hydrogen-bond donors (Lipinski definition) is 2. The fourth-order valence-electron chi connectivity index (χ4n) is 5.66. The number of fused-ring (bicyclic) bond motifs is 4. The van der Waals surface area contributed by atoms with Gasteiger partial charge in [0, 0.05) is 48.5 Å². The molecule has 4 heterocycles. The second kappa shape index (κ2) is 13.2. The van der Waals surface area contributed by atoms with Gasteiger partial charge in [-0.2, -0.15) is 0 Å². The molecule has 2 atom stereocenters. The number of rotatable bonds is 3. The van der Waals surface area contributed by atoms with Crippen LogP contribution in [-0.2, 0) is 4.79 Å². The number of anilines is 1. The Balaban J connectivity index is 0.00000353. The van der Waals surface area contributed by atoms with E-state index in [9.17, 15) is 9.59 Å². The molecule has 0 aliphatic carbocycles. The van der Waals surface area contributed by atoms with Crippen molar-refractivity contribution >= 4 is 47.2 Å². The predicted octanol–water partition coefficient (Wildman–Crippen LogP) is 4.28. The van der Waals surface area contributed by atoms with E-state index in [1.54, 1.807) is 35.3 Å². The highest BCUT2D eigenvalue weighted by atomic mass is 35.5. The molecular weight excluding hydrogens is 599 g/mol. The first-order valence-electron chi connectivity index (χ1n) is 13.8. The van der Waals surface area contributed by atoms with Crippen molar-refractivity contribution in [3.05, 3.63) is 87.1 Å². The Hall–Kier alpha value is -3.44. The van der Waals surface area contributed by atoms with E-state index in [4.69, 9.17) is 28.2 Å². The van der Waals surface area contributed by atoms with Gasteiger partial charge in [0.1, 0.15) is 6.04 Å². The number of carbonyl (C=O) groups excluding carboxylic acids is 1. The lowest BCUT2D eigenvalue weighted by atomic mass is 9.98. The molecule has 42 heavy (non-hydrogen) atoms. The zero-order valence-corrected chi connectivity index (χ0v) is 25.1. The normalized spacial score (nSPS) is 19.4. The van der Waals surface area contributed by atoms with Crippen LogP contribution in [0.15, 0.2) is 65.8 Å². The average molecular weight is 630 g/mol. The Morgan fingerprint density at radius 2 is 1.83 bits per heavy atom. The monoisotopic (exact) mass is 628 g/mol. The van der Waals surface area contributed by atoms with E-state index in [2.05, 4.69) is 38.0 Å². The Kier molecular flexibility index (Phi) is 9.47. The van der Waals surface area contributed by atoms with Gasteiger partial charge in [-0.05, 0) is 48.7 Å². The van der Waals surface area contributed by atoms with Crippen molar-refractivity contribution in [1.29, 1.82) is 0 Å². The van der Waals surface area contributed by atoms with Gasteiger partial charge < -0.3 is 15.5 Å². The smallest absolute Gasteiger partial charge is 0.254 e. The molecule has 0 unspecified atom stereocenters. The third kappa shape index (κ3) is 6.32. The van der Waals surface area contributed by atoms with Gasteiger partial charge in [-0.15, -0.1) is 17.5 Å². The number of halogens is 3. The molecule has 0 radical (unpaired) electrons. The summed E-state index contributed by atoms with van der Waals surface area (Å²) in [5, 5.41) is 15.1. The second-order valence-electron chi connectivity index (χ2n) is 10.3. The summed E-state index contributed by atoms with van der Waals surface area (Å²) in [5.74, 6) is 0.0444. The van der Waals surface area contributed by atoms with E-state index in [1.165, 1.54) is 10.7 Å². The number of piperazine rings is 1. The average Bonchev–Trinajstić information content (AvgIpc) is 3.42. The summed E-state index contributed by atoms with van der Waals surface area (Å²) in [4.78, 5) is 33.6. The molecule has 4 aromatic rings. The predicted molar refractivity (Wildman–Crippen MR) is 166 cm³/mol. The number of carbonyl (C=O) groups is 1. The van der Waals surface area contributed by atoms with Crippen molar-refractivity contribution in [2.24, 2.45) is 0 Å².